The van der Waals surface area contributed by atoms with Gasteiger partial charge in [-0.25, -0.2) is 0 Å². The van der Waals surface area contributed by atoms with Crippen LogP contribution in [0.1, 0.15) is 54.9 Å². The molecule has 7 nitrogen and oxygen atoms in total. The largest absolute Gasteiger partial charge is 0.376 e. The van der Waals surface area contributed by atoms with Gasteiger partial charge >= 0.3 is 0 Å². The smallest absolute Gasteiger partial charge is 0.256 e. The Labute approximate surface area is 174 Å². The van der Waals surface area contributed by atoms with Crippen molar-refractivity contribution in [1.82, 2.24) is 15.5 Å². The summed E-state index contributed by atoms with van der Waals surface area (Å²) in [7, 11) is 0. The van der Waals surface area contributed by atoms with Crippen LogP contribution in [0.3, 0.4) is 0 Å². The number of nitrogens with one attached hydrogen (secondary N) is 2. The maximum Gasteiger partial charge on any atom is 0.256 e. The Morgan fingerprint density at radius 2 is 2.10 bits per heavy atom. The van der Waals surface area contributed by atoms with E-state index in [1.807, 2.05) is 32.0 Å². The number of carbonyl (C=O) groups is 3. The Morgan fingerprint density at radius 3 is 2.83 bits per heavy atom. The maximum absolute atomic E-state index is 13.2. The second kappa shape index (κ2) is 7.65. The number of thioether (sulfide) groups is 1. The zero-order valence-electron chi connectivity index (χ0n) is 16.9. The first-order chi connectivity index (χ1) is 13.8. The van der Waals surface area contributed by atoms with E-state index in [4.69, 9.17) is 4.74 Å². The molecule has 2 N–H and O–H groups in total. The van der Waals surface area contributed by atoms with Crippen LogP contribution in [-0.2, 0) is 14.3 Å². The molecule has 3 heterocycles. The van der Waals surface area contributed by atoms with Crippen molar-refractivity contribution in [2.75, 3.05) is 13.2 Å². The van der Waals surface area contributed by atoms with Crippen molar-refractivity contribution >= 4 is 29.5 Å². The van der Waals surface area contributed by atoms with Gasteiger partial charge in [-0.15, -0.1) is 11.8 Å². The van der Waals surface area contributed by atoms with Crippen LogP contribution in [0.4, 0.5) is 0 Å². The molecule has 3 aliphatic rings. The van der Waals surface area contributed by atoms with E-state index >= 15 is 0 Å². The van der Waals surface area contributed by atoms with Gasteiger partial charge in [0, 0.05) is 23.5 Å². The van der Waals surface area contributed by atoms with Crippen molar-refractivity contribution in [3.05, 3.63) is 35.4 Å². The highest BCUT2D eigenvalue weighted by Crippen LogP contribution is 2.56. The predicted molar refractivity (Wildman–Crippen MR) is 110 cm³/mol. The number of rotatable bonds is 5. The molecule has 1 aromatic rings. The Kier molecular flexibility index (Phi) is 5.33. The molecule has 0 aromatic heterocycles. The van der Waals surface area contributed by atoms with Crippen molar-refractivity contribution in [1.29, 1.82) is 0 Å². The van der Waals surface area contributed by atoms with Gasteiger partial charge in [0.25, 0.3) is 5.91 Å². The zero-order chi connectivity index (χ0) is 20.8. The molecule has 2 saturated heterocycles. The number of nitrogens with zero attached hydrogens (tertiary/aromatic N) is 1. The van der Waals surface area contributed by atoms with Crippen LogP contribution in [-0.4, -0.2) is 58.7 Å². The summed E-state index contributed by atoms with van der Waals surface area (Å²) >= 11 is 1.61. The molecule has 3 amide bonds. The molecule has 0 bridgehead atoms. The minimum Gasteiger partial charge on any atom is -0.376 e. The van der Waals surface area contributed by atoms with E-state index in [0.29, 0.717) is 12.1 Å². The summed E-state index contributed by atoms with van der Waals surface area (Å²) in [5.74, 6) is -0.671. The lowest BCUT2D eigenvalue weighted by Crippen LogP contribution is -2.56. The molecule has 4 atom stereocenters. The van der Waals surface area contributed by atoms with Crippen molar-refractivity contribution < 1.29 is 19.1 Å². The van der Waals surface area contributed by atoms with E-state index in [9.17, 15) is 14.4 Å². The van der Waals surface area contributed by atoms with Gasteiger partial charge < -0.3 is 20.3 Å². The summed E-state index contributed by atoms with van der Waals surface area (Å²) in [4.78, 5) is 40.2. The highest BCUT2D eigenvalue weighted by atomic mass is 32.2. The molecule has 2 fully saturated rings. The number of fused-ring (bicyclic) bond motifs is 3. The maximum atomic E-state index is 13.2. The summed E-state index contributed by atoms with van der Waals surface area (Å²) in [6, 6.07) is 6.17. The Balaban J connectivity index is 1.43. The third kappa shape index (κ3) is 3.64. The van der Waals surface area contributed by atoms with Crippen LogP contribution in [0.2, 0.25) is 0 Å². The molecular formula is C21H27N3O4S. The lowest BCUT2D eigenvalue weighted by atomic mass is 10.0. The third-order valence-electron chi connectivity index (χ3n) is 5.82. The Hall–Kier alpha value is -2.06. The van der Waals surface area contributed by atoms with Gasteiger partial charge in [0.05, 0.1) is 6.10 Å². The van der Waals surface area contributed by atoms with E-state index in [1.165, 1.54) is 0 Å². The molecule has 0 saturated carbocycles. The summed E-state index contributed by atoms with van der Waals surface area (Å²) in [6.45, 7) is 6.78. The highest BCUT2D eigenvalue weighted by molar-refractivity contribution is 8.01. The number of hydrogen-bond donors (Lipinski definition) is 2. The minimum absolute atomic E-state index is 0.0495. The van der Waals surface area contributed by atoms with E-state index in [2.05, 4.69) is 10.6 Å². The molecular weight excluding hydrogens is 390 g/mol. The topological polar surface area (TPSA) is 87.7 Å². The van der Waals surface area contributed by atoms with Gasteiger partial charge in [0.15, 0.2) is 0 Å². The van der Waals surface area contributed by atoms with Crippen molar-refractivity contribution in [3.8, 4) is 0 Å². The third-order valence-corrected chi connectivity index (χ3v) is 7.36. The first-order valence-electron chi connectivity index (χ1n) is 10.1. The molecule has 29 heavy (non-hydrogen) atoms. The predicted octanol–water partition coefficient (Wildman–Crippen LogP) is 1.83. The van der Waals surface area contributed by atoms with Gasteiger partial charge in [-0.3, -0.25) is 14.4 Å². The van der Waals surface area contributed by atoms with Crippen LogP contribution < -0.4 is 10.6 Å². The number of amides is 3. The molecule has 2 unspecified atom stereocenters. The van der Waals surface area contributed by atoms with Crippen LogP contribution in [0, 0.1) is 0 Å². The van der Waals surface area contributed by atoms with Crippen molar-refractivity contribution in [3.63, 3.8) is 0 Å². The van der Waals surface area contributed by atoms with Gasteiger partial charge in [-0.05, 0) is 45.2 Å². The van der Waals surface area contributed by atoms with Crippen LogP contribution >= 0.6 is 11.8 Å². The van der Waals surface area contributed by atoms with Crippen LogP contribution in [0.5, 0.6) is 0 Å². The van der Waals surface area contributed by atoms with Gasteiger partial charge in [-0.2, -0.15) is 0 Å². The van der Waals surface area contributed by atoms with E-state index in [-0.39, 0.29) is 29.2 Å². The Bertz CT molecular complexity index is 837. The van der Waals surface area contributed by atoms with Gasteiger partial charge in [-0.1, -0.05) is 18.2 Å². The van der Waals surface area contributed by atoms with E-state index < -0.39 is 16.8 Å². The highest BCUT2D eigenvalue weighted by Gasteiger charge is 2.57. The first-order valence-corrected chi connectivity index (χ1v) is 11.0. The van der Waals surface area contributed by atoms with Gasteiger partial charge in [0.2, 0.25) is 11.8 Å². The molecule has 3 aliphatic heterocycles. The van der Waals surface area contributed by atoms with Gasteiger partial charge in [0.1, 0.15) is 17.5 Å². The van der Waals surface area contributed by atoms with Crippen LogP contribution in [0.25, 0.3) is 0 Å². The molecule has 156 valence electrons. The van der Waals surface area contributed by atoms with E-state index in [1.54, 1.807) is 29.7 Å². The van der Waals surface area contributed by atoms with Crippen molar-refractivity contribution in [2.24, 2.45) is 0 Å². The molecule has 0 spiro atoms. The molecule has 4 rings (SSSR count). The summed E-state index contributed by atoms with van der Waals surface area (Å²) in [5.41, 5.74) is 1.61. The number of ether oxygens (including phenoxy) is 1. The number of hydrogen-bond acceptors (Lipinski definition) is 5. The summed E-state index contributed by atoms with van der Waals surface area (Å²) in [5, 5.41) is 5.49. The Morgan fingerprint density at radius 1 is 1.34 bits per heavy atom. The minimum atomic E-state index is -0.691. The molecule has 8 heteroatoms. The lowest BCUT2D eigenvalue weighted by Gasteiger charge is -2.30. The number of carbonyl (C=O) groups excluding carboxylic acids is 3. The average Bonchev–Trinajstić information content (AvgIpc) is 3.36. The fourth-order valence-corrected chi connectivity index (χ4v) is 5.92. The fourth-order valence-electron chi connectivity index (χ4n) is 4.34. The fraction of sp³-hybridized carbons (Fsp3) is 0.571. The summed E-state index contributed by atoms with van der Waals surface area (Å²) in [6.07, 6.45) is 2.00. The van der Waals surface area contributed by atoms with Crippen molar-refractivity contribution in [2.45, 2.75) is 61.9 Å². The summed E-state index contributed by atoms with van der Waals surface area (Å²) < 4.78 is 5.05. The lowest BCUT2D eigenvalue weighted by molar-refractivity contribution is -0.131. The normalized spacial score (nSPS) is 28.0. The first kappa shape index (κ1) is 20.2. The quantitative estimate of drug-likeness (QED) is 0.763. The SMILES string of the molecule is C[C@H](NC(=O)[C@H]1N2C(=O)c3ccccc3C2SC1(C)C)C(=O)NCC1CCCO1. The average molecular weight is 418 g/mol. The van der Waals surface area contributed by atoms with E-state index in [0.717, 1.165) is 25.0 Å². The monoisotopic (exact) mass is 417 g/mol. The number of benzene rings is 1. The second-order valence-corrected chi connectivity index (χ2v) is 10.1. The second-order valence-electron chi connectivity index (χ2n) is 8.39. The zero-order valence-corrected chi connectivity index (χ0v) is 17.8. The van der Waals surface area contributed by atoms with Crippen LogP contribution in [0.15, 0.2) is 24.3 Å². The molecule has 0 radical (unpaired) electrons. The molecule has 1 aromatic carbocycles. The standard InChI is InChI=1S/C21H27N3O4S/c1-12(17(25)22-11-13-7-6-10-28-13)23-18(26)16-21(2,3)29-20-15-9-5-4-8-14(15)19(27)24(16)20/h4-5,8-9,12-13,16,20H,6-7,10-11H2,1-3H3,(H,22,25)(H,23,26)/t12-,13?,16+,20?/m0/s1. The molecule has 0 aliphatic carbocycles.